The van der Waals surface area contributed by atoms with Crippen molar-refractivity contribution in [2.75, 3.05) is 37.6 Å². The SMILES string of the molecule is CC(C)OC1=CC2=C(CC1NC(=O)c1cnn3cccnc13)CN([C@H]1CC[C@@H](N3CCN(c4ccc5c(c4)CN(C4CCC(=O)NC4=O)C5=O)CC3)CC1)C2=O. The van der Waals surface area contributed by atoms with Crippen LogP contribution in [0.15, 0.2) is 65.8 Å². The van der Waals surface area contributed by atoms with Gasteiger partial charge in [-0.15, -0.1) is 0 Å². The maximum atomic E-state index is 13.9. The zero-order valence-corrected chi connectivity index (χ0v) is 31.8. The highest BCUT2D eigenvalue weighted by Crippen LogP contribution is 2.37. The Balaban J connectivity index is 0.782. The third-order valence-corrected chi connectivity index (χ3v) is 12.3. The lowest BCUT2D eigenvalue weighted by Gasteiger charge is -2.44. The number of imide groups is 1. The number of nitrogens with zero attached hydrogens (tertiary/aromatic N) is 7. The van der Waals surface area contributed by atoms with Crippen LogP contribution in [0.2, 0.25) is 0 Å². The van der Waals surface area contributed by atoms with Crippen LogP contribution >= 0.6 is 0 Å². The molecule has 3 fully saturated rings. The van der Waals surface area contributed by atoms with Crippen molar-refractivity contribution in [3.63, 3.8) is 0 Å². The van der Waals surface area contributed by atoms with Crippen LogP contribution in [0.5, 0.6) is 0 Å². The number of piperidine rings is 1. The van der Waals surface area contributed by atoms with Crippen molar-refractivity contribution in [1.82, 2.24) is 39.9 Å². The van der Waals surface area contributed by atoms with Gasteiger partial charge in [-0.1, -0.05) is 0 Å². The maximum Gasteiger partial charge on any atom is 0.257 e. The number of hydrogen-bond acceptors (Lipinski definition) is 10. The largest absolute Gasteiger partial charge is 0.493 e. The molecule has 2 saturated heterocycles. The quantitative estimate of drug-likeness (QED) is 0.327. The van der Waals surface area contributed by atoms with Crippen molar-refractivity contribution < 1.29 is 28.7 Å². The van der Waals surface area contributed by atoms with Crippen molar-refractivity contribution in [3.8, 4) is 0 Å². The molecule has 9 rings (SSSR count). The lowest BCUT2D eigenvalue weighted by atomic mass is 9.88. The number of hydrogen-bond donors (Lipinski definition) is 2. The molecule has 6 heterocycles. The van der Waals surface area contributed by atoms with Gasteiger partial charge < -0.3 is 24.8 Å². The van der Waals surface area contributed by atoms with E-state index in [4.69, 9.17) is 4.74 Å². The first-order valence-corrected chi connectivity index (χ1v) is 19.9. The van der Waals surface area contributed by atoms with Crippen LogP contribution in [-0.4, -0.2) is 122 Å². The Morgan fingerprint density at radius 1 is 0.946 bits per heavy atom. The number of carbonyl (C=O) groups excluding carboxylic acids is 5. The standard InChI is InChI=1S/C41H47N9O6/c1-24(2)56-35-20-31-26(19-33(35)44-38(52)32-21-43-50-13-3-12-42-37(32)50)22-48(41(31)55)28-6-4-27(5-7-28)46-14-16-47(17-15-46)29-8-9-30-25(18-29)23-49(40(30)54)34-10-11-36(51)45-39(34)53/h3,8-9,12-13,18,20-21,24,27-28,33-34H,4-7,10-11,14-17,19,22-23H2,1-2H3,(H,44,52)(H,45,51,53)/t27-,28+,33?,34?. The molecule has 0 spiro atoms. The Morgan fingerprint density at radius 3 is 2.50 bits per heavy atom. The molecule has 2 atom stereocenters. The van der Waals surface area contributed by atoms with Gasteiger partial charge in [0.15, 0.2) is 5.65 Å². The third-order valence-electron chi connectivity index (χ3n) is 12.3. The minimum Gasteiger partial charge on any atom is -0.493 e. The number of carbonyl (C=O) groups is 5. The van der Waals surface area contributed by atoms with Gasteiger partial charge in [0.05, 0.1) is 18.3 Å². The summed E-state index contributed by atoms with van der Waals surface area (Å²) >= 11 is 0. The second-order valence-electron chi connectivity index (χ2n) is 16.1. The fraction of sp³-hybridized carbons (Fsp3) is 0.488. The zero-order chi connectivity index (χ0) is 38.7. The molecule has 5 amide bonds. The number of benzene rings is 1. The summed E-state index contributed by atoms with van der Waals surface area (Å²) in [5.41, 5.74) is 5.23. The Hall–Kier alpha value is -5.57. The molecule has 15 nitrogen and oxygen atoms in total. The van der Waals surface area contributed by atoms with Crippen LogP contribution in [0.4, 0.5) is 5.69 Å². The maximum absolute atomic E-state index is 13.9. The van der Waals surface area contributed by atoms with Gasteiger partial charge in [0.1, 0.15) is 17.4 Å². The first kappa shape index (κ1) is 36.1. The van der Waals surface area contributed by atoms with E-state index < -0.39 is 18.0 Å². The topological polar surface area (TPSA) is 162 Å². The Kier molecular flexibility index (Phi) is 9.34. The Morgan fingerprint density at radius 2 is 1.73 bits per heavy atom. The van der Waals surface area contributed by atoms with E-state index in [0.29, 0.717) is 60.1 Å². The summed E-state index contributed by atoms with van der Waals surface area (Å²) in [6.07, 6.45) is 11.7. The van der Waals surface area contributed by atoms with Crippen LogP contribution < -0.4 is 15.5 Å². The van der Waals surface area contributed by atoms with E-state index in [9.17, 15) is 24.0 Å². The van der Waals surface area contributed by atoms with E-state index in [1.165, 1.54) is 6.20 Å². The molecule has 1 saturated carbocycles. The average molecular weight is 762 g/mol. The minimum atomic E-state index is -0.617. The summed E-state index contributed by atoms with van der Waals surface area (Å²) in [5.74, 6) is -0.473. The molecule has 56 heavy (non-hydrogen) atoms. The van der Waals surface area contributed by atoms with Gasteiger partial charge in [0.25, 0.3) is 17.7 Å². The first-order valence-electron chi connectivity index (χ1n) is 19.9. The van der Waals surface area contributed by atoms with Gasteiger partial charge in [-0.3, -0.25) is 34.2 Å². The predicted octanol–water partition coefficient (Wildman–Crippen LogP) is 2.57. The van der Waals surface area contributed by atoms with Crippen LogP contribution in [0.1, 0.15) is 85.1 Å². The van der Waals surface area contributed by atoms with Crippen LogP contribution in [0.25, 0.3) is 5.65 Å². The highest BCUT2D eigenvalue weighted by molar-refractivity contribution is 6.05. The molecular formula is C41H47N9O6. The highest BCUT2D eigenvalue weighted by Gasteiger charge is 2.42. The molecule has 3 aromatic rings. The highest BCUT2D eigenvalue weighted by atomic mass is 16.5. The number of fused-ring (bicyclic) bond motifs is 2. The molecule has 292 valence electrons. The van der Waals surface area contributed by atoms with Gasteiger partial charge in [-0.2, -0.15) is 5.10 Å². The van der Waals surface area contributed by atoms with E-state index in [2.05, 4.69) is 36.6 Å². The second kappa shape index (κ2) is 14.5. The van der Waals surface area contributed by atoms with Crippen molar-refractivity contribution in [2.24, 2.45) is 0 Å². The van der Waals surface area contributed by atoms with Crippen LogP contribution in [-0.2, 0) is 25.7 Å². The zero-order valence-electron chi connectivity index (χ0n) is 31.8. The Labute approximate surface area is 324 Å². The fourth-order valence-corrected chi connectivity index (χ4v) is 9.46. The summed E-state index contributed by atoms with van der Waals surface area (Å²) < 4.78 is 7.75. The molecule has 2 aromatic heterocycles. The summed E-state index contributed by atoms with van der Waals surface area (Å²) in [6.45, 7) is 8.45. The van der Waals surface area contributed by atoms with Crippen LogP contribution in [0.3, 0.4) is 0 Å². The van der Waals surface area contributed by atoms with Gasteiger partial charge in [-0.05, 0) is 93.9 Å². The van der Waals surface area contributed by atoms with Crippen molar-refractivity contribution >= 4 is 40.9 Å². The van der Waals surface area contributed by atoms with Gasteiger partial charge >= 0.3 is 0 Å². The number of ether oxygens (including phenoxy) is 1. The third kappa shape index (κ3) is 6.61. The summed E-state index contributed by atoms with van der Waals surface area (Å²) in [7, 11) is 0. The molecule has 0 radical (unpaired) electrons. The number of aromatic nitrogens is 3. The smallest absolute Gasteiger partial charge is 0.257 e. The molecule has 1 aromatic carbocycles. The summed E-state index contributed by atoms with van der Waals surface area (Å²) in [6, 6.07) is 7.34. The molecule has 4 aliphatic heterocycles. The number of amides is 5. The minimum absolute atomic E-state index is 0.0507. The molecule has 15 heteroatoms. The molecule has 2 unspecified atom stereocenters. The number of nitrogens with one attached hydrogen (secondary N) is 2. The lowest BCUT2D eigenvalue weighted by Crippen LogP contribution is -2.52. The van der Waals surface area contributed by atoms with Crippen molar-refractivity contribution in [1.29, 1.82) is 0 Å². The van der Waals surface area contributed by atoms with Gasteiger partial charge in [0, 0.05) is 87.0 Å². The van der Waals surface area contributed by atoms with Gasteiger partial charge in [-0.25, -0.2) is 9.50 Å². The normalized spacial score (nSPS) is 25.8. The predicted molar refractivity (Wildman–Crippen MR) is 204 cm³/mol. The number of rotatable bonds is 8. The first-order chi connectivity index (χ1) is 27.1. The molecule has 0 bridgehead atoms. The van der Waals surface area contributed by atoms with Crippen molar-refractivity contribution in [2.45, 2.75) is 95.6 Å². The number of piperazine rings is 1. The Bertz CT molecular complexity index is 2180. The lowest BCUT2D eigenvalue weighted by molar-refractivity contribution is -0.137. The number of anilines is 1. The van der Waals surface area contributed by atoms with E-state index in [-0.39, 0.29) is 42.2 Å². The molecule has 2 aliphatic carbocycles. The molecule has 6 aliphatic rings. The molecule has 2 N–H and O–H groups in total. The average Bonchev–Trinajstić information content (AvgIpc) is 3.87. The second-order valence-corrected chi connectivity index (χ2v) is 16.1. The van der Waals surface area contributed by atoms with E-state index >= 15 is 0 Å². The molecular weight excluding hydrogens is 715 g/mol. The van der Waals surface area contributed by atoms with Crippen molar-refractivity contribution in [3.05, 3.63) is 82.5 Å². The van der Waals surface area contributed by atoms with Crippen LogP contribution in [0, 0.1) is 0 Å². The van der Waals surface area contributed by atoms with E-state index in [0.717, 1.165) is 68.7 Å². The monoisotopic (exact) mass is 761 g/mol. The van der Waals surface area contributed by atoms with E-state index in [1.54, 1.807) is 27.9 Å². The summed E-state index contributed by atoms with van der Waals surface area (Å²) in [5, 5.41) is 9.77. The fourth-order valence-electron chi connectivity index (χ4n) is 9.46. The van der Waals surface area contributed by atoms with E-state index in [1.807, 2.05) is 37.0 Å². The van der Waals surface area contributed by atoms with Gasteiger partial charge in [0.2, 0.25) is 11.8 Å². The summed E-state index contributed by atoms with van der Waals surface area (Å²) in [4.78, 5) is 77.6.